The molecule has 0 spiro atoms. The van der Waals surface area contributed by atoms with E-state index in [1.165, 1.54) is 16.4 Å². The van der Waals surface area contributed by atoms with Crippen LogP contribution in [0.15, 0.2) is 77.7 Å². The minimum Gasteiger partial charge on any atom is -0.355 e. The number of hydrogen-bond donors (Lipinski definition) is 1. The number of nitrogens with zero attached hydrogens (tertiary/aromatic N) is 1. The van der Waals surface area contributed by atoms with Gasteiger partial charge >= 0.3 is 0 Å². The van der Waals surface area contributed by atoms with E-state index in [9.17, 15) is 13.2 Å². The van der Waals surface area contributed by atoms with E-state index in [0.717, 1.165) is 29.5 Å². The molecule has 0 heterocycles. The number of carbonyl (C=O) groups excluding carboxylic acids is 1. The number of hydrogen-bond acceptors (Lipinski definition) is 3. The molecule has 7 heteroatoms. The number of amides is 1. The van der Waals surface area contributed by atoms with E-state index in [0.29, 0.717) is 17.3 Å². The van der Waals surface area contributed by atoms with Crippen molar-refractivity contribution in [1.29, 1.82) is 0 Å². The first-order chi connectivity index (χ1) is 15.3. The highest BCUT2D eigenvalue weighted by Crippen LogP contribution is 2.25. The summed E-state index contributed by atoms with van der Waals surface area (Å²) < 4.78 is 27.9. The lowest BCUT2D eigenvalue weighted by Crippen LogP contribution is -2.41. The van der Waals surface area contributed by atoms with Crippen LogP contribution in [0, 0.1) is 13.8 Å². The number of aryl methyl sites for hydroxylation is 3. The number of anilines is 1. The predicted octanol–water partition coefficient (Wildman–Crippen LogP) is 4.90. The van der Waals surface area contributed by atoms with Crippen LogP contribution in [-0.4, -0.2) is 27.4 Å². The maximum atomic E-state index is 13.4. The van der Waals surface area contributed by atoms with Gasteiger partial charge in [-0.3, -0.25) is 9.10 Å². The molecule has 0 bridgehead atoms. The van der Waals surface area contributed by atoms with E-state index >= 15 is 0 Å². The highest BCUT2D eigenvalue weighted by atomic mass is 35.5. The Labute approximate surface area is 195 Å². The van der Waals surface area contributed by atoms with Crippen LogP contribution in [0.4, 0.5) is 5.69 Å². The number of halogens is 1. The highest BCUT2D eigenvalue weighted by molar-refractivity contribution is 7.92. The Hall–Kier alpha value is -2.83. The lowest BCUT2D eigenvalue weighted by molar-refractivity contribution is -0.119. The average molecular weight is 471 g/mol. The summed E-state index contributed by atoms with van der Waals surface area (Å²) in [5, 5.41) is 3.53. The Morgan fingerprint density at radius 3 is 2.19 bits per heavy atom. The zero-order valence-corrected chi connectivity index (χ0v) is 19.8. The molecule has 0 aromatic heterocycles. The lowest BCUT2D eigenvalue weighted by atomic mass is 10.1. The van der Waals surface area contributed by atoms with Gasteiger partial charge in [0.15, 0.2) is 0 Å². The summed E-state index contributed by atoms with van der Waals surface area (Å²) in [6.07, 6.45) is 1.53. The van der Waals surface area contributed by atoms with Crippen LogP contribution in [0.5, 0.6) is 0 Å². The van der Waals surface area contributed by atoms with E-state index in [1.54, 1.807) is 30.3 Å². The molecule has 0 aliphatic carbocycles. The van der Waals surface area contributed by atoms with Crippen molar-refractivity contribution < 1.29 is 13.2 Å². The van der Waals surface area contributed by atoms with Gasteiger partial charge in [-0.2, -0.15) is 0 Å². The predicted molar refractivity (Wildman–Crippen MR) is 130 cm³/mol. The third-order valence-electron chi connectivity index (χ3n) is 4.99. The summed E-state index contributed by atoms with van der Waals surface area (Å²) in [5.41, 5.74) is 3.46. The Morgan fingerprint density at radius 1 is 0.938 bits per heavy atom. The summed E-state index contributed by atoms with van der Waals surface area (Å²) in [6, 6.07) is 21.3. The van der Waals surface area contributed by atoms with Crippen molar-refractivity contribution in [2.45, 2.75) is 31.6 Å². The van der Waals surface area contributed by atoms with Crippen LogP contribution in [0.2, 0.25) is 5.02 Å². The van der Waals surface area contributed by atoms with Crippen LogP contribution < -0.4 is 9.62 Å². The molecule has 0 fully saturated rings. The van der Waals surface area contributed by atoms with Gasteiger partial charge in [-0.1, -0.05) is 48.0 Å². The third-order valence-corrected chi connectivity index (χ3v) is 7.03. The third kappa shape index (κ3) is 6.34. The Bertz CT molecular complexity index is 1140. The van der Waals surface area contributed by atoms with Crippen molar-refractivity contribution in [2.75, 3.05) is 17.4 Å². The molecule has 1 N–H and O–H groups in total. The molecule has 168 valence electrons. The van der Waals surface area contributed by atoms with E-state index in [1.807, 2.05) is 44.2 Å². The van der Waals surface area contributed by atoms with Gasteiger partial charge in [0, 0.05) is 11.6 Å². The zero-order valence-electron chi connectivity index (χ0n) is 18.2. The topological polar surface area (TPSA) is 66.5 Å². The maximum absolute atomic E-state index is 13.4. The lowest BCUT2D eigenvalue weighted by Gasteiger charge is -2.25. The quantitative estimate of drug-likeness (QED) is 0.452. The van der Waals surface area contributed by atoms with Crippen molar-refractivity contribution in [1.82, 2.24) is 5.32 Å². The second-order valence-electron chi connectivity index (χ2n) is 7.75. The van der Waals surface area contributed by atoms with Crippen LogP contribution >= 0.6 is 11.6 Å². The van der Waals surface area contributed by atoms with Gasteiger partial charge in [0.2, 0.25) is 5.91 Å². The maximum Gasteiger partial charge on any atom is 0.264 e. The molecule has 0 saturated heterocycles. The van der Waals surface area contributed by atoms with Crippen molar-refractivity contribution in [3.05, 3.63) is 94.5 Å². The molecular weight excluding hydrogens is 444 g/mol. The summed E-state index contributed by atoms with van der Waals surface area (Å²) in [7, 11) is -3.90. The van der Waals surface area contributed by atoms with E-state index in [-0.39, 0.29) is 17.3 Å². The summed E-state index contributed by atoms with van der Waals surface area (Å²) in [5.74, 6) is -0.347. The number of sulfonamides is 1. The van der Waals surface area contributed by atoms with Gasteiger partial charge in [0.05, 0.1) is 10.6 Å². The molecule has 3 aromatic rings. The van der Waals surface area contributed by atoms with Crippen molar-refractivity contribution in [2.24, 2.45) is 0 Å². The number of carbonyl (C=O) groups is 1. The fraction of sp³-hybridized carbons (Fsp3) is 0.240. The number of rotatable bonds is 9. The van der Waals surface area contributed by atoms with Crippen LogP contribution in [-0.2, 0) is 21.2 Å². The molecule has 1 amide bonds. The van der Waals surface area contributed by atoms with Crippen LogP contribution in [0.3, 0.4) is 0 Å². The molecule has 5 nitrogen and oxygen atoms in total. The first-order valence-electron chi connectivity index (χ1n) is 10.4. The molecular formula is C25H27ClN2O3S. The monoisotopic (exact) mass is 470 g/mol. The van der Waals surface area contributed by atoms with Gasteiger partial charge in [-0.05, 0) is 79.8 Å². The van der Waals surface area contributed by atoms with Crippen molar-refractivity contribution >= 4 is 33.2 Å². The molecule has 0 saturated carbocycles. The SMILES string of the molecule is Cc1cc(C)cc(N(CC(=O)NCCCc2ccc(Cl)cc2)S(=O)(=O)c2ccccc2)c1. The minimum atomic E-state index is -3.90. The summed E-state index contributed by atoms with van der Waals surface area (Å²) in [6.45, 7) is 3.97. The smallest absolute Gasteiger partial charge is 0.264 e. The second kappa shape index (κ2) is 10.7. The van der Waals surface area contributed by atoms with Crippen molar-refractivity contribution in [3.8, 4) is 0 Å². The molecule has 0 radical (unpaired) electrons. The molecule has 0 aliphatic rings. The minimum absolute atomic E-state index is 0.148. The Balaban J connectivity index is 1.72. The Morgan fingerprint density at radius 2 is 1.56 bits per heavy atom. The average Bonchev–Trinajstić information content (AvgIpc) is 2.76. The van der Waals surface area contributed by atoms with Gasteiger partial charge < -0.3 is 5.32 Å². The largest absolute Gasteiger partial charge is 0.355 e. The molecule has 0 unspecified atom stereocenters. The fourth-order valence-corrected chi connectivity index (χ4v) is 5.04. The zero-order chi connectivity index (χ0) is 23.1. The van der Waals surface area contributed by atoms with Gasteiger partial charge in [0.25, 0.3) is 10.0 Å². The van der Waals surface area contributed by atoms with E-state index in [2.05, 4.69) is 5.32 Å². The highest BCUT2D eigenvalue weighted by Gasteiger charge is 2.27. The van der Waals surface area contributed by atoms with Gasteiger partial charge in [-0.15, -0.1) is 0 Å². The second-order valence-corrected chi connectivity index (χ2v) is 10.0. The normalized spacial score (nSPS) is 11.2. The number of nitrogens with one attached hydrogen (secondary N) is 1. The van der Waals surface area contributed by atoms with Gasteiger partial charge in [0.1, 0.15) is 6.54 Å². The summed E-state index contributed by atoms with van der Waals surface area (Å²) >= 11 is 5.90. The fourth-order valence-electron chi connectivity index (χ4n) is 3.49. The molecule has 0 atom stereocenters. The van der Waals surface area contributed by atoms with Gasteiger partial charge in [-0.25, -0.2) is 8.42 Å². The first kappa shape index (κ1) is 23.8. The summed E-state index contributed by atoms with van der Waals surface area (Å²) in [4.78, 5) is 12.8. The van der Waals surface area contributed by atoms with E-state index in [4.69, 9.17) is 11.6 Å². The van der Waals surface area contributed by atoms with E-state index < -0.39 is 10.0 Å². The Kier molecular flexibility index (Phi) is 7.94. The molecule has 0 aliphatic heterocycles. The standard InChI is InChI=1S/C25H27ClN2O3S/c1-19-15-20(2)17-23(16-19)28(32(30,31)24-8-4-3-5-9-24)18-25(29)27-14-6-7-21-10-12-22(26)13-11-21/h3-5,8-13,15-17H,6-7,14,18H2,1-2H3,(H,27,29). The molecule has 32 heavy (non-hydrogen) atoms. The molecule has 3 rings (SSSR count). The van der Waals surface area contributed by atoms with Crippen LogP contribution in [0.1, 0.15) is 23.1 Å². The first-order valence-corrected chi connectivity index (χ1v) is 12.2. The van der Waals surface area contributed by atoms with Crippen LogP contribution in [0.25, 0.3) is 0 Å². The van der Waals surface area contributed by atoms with Crippen molar-refractivity contribution in [3.63, 3.8) is 0 Å². The molecule has 3 aromatic carbocycles. The number of benzene rings is 3.